The van der Waals surface area contributed by atoms with Gasteiger partial charge in [-0.2, -0.15) is 5.10 Å². The molecule has 2 rings (SSSR count). The topological polar surface area (TPSA) is 75.0 Å². The Kier molecular flexibility index (Phi) is 5.04. The molecule has 2 unspecified atom stereocenters. The number of nitrogens with one attached hydrogen (secondary N) is 1. The Balaban J connectivity index is 1.87. The molecule has 1 aliphatic heterocycles. The van der Waals surface area contributed by atoms with Crippen LogP contribution in [0.4, 0.5) is 0 Å². The number of amides is 1. The molecule has 1 fully saturated rings. The molecule has 0 bridgehead atoms. The van der Waals surface area contributed by atoms with Crippen LogP contribution in [0.25, 0.3) is 0 Å². The lowest BCUT2D eigenvalue weighted by molar-refractivity contribution is -0.132. The lowest BCUT2D eigenvalue weighted by atomic mass is 9.87. The highest BCUT2D eigenvalue weighted by Gasteiger charge is 2.27. The fraction of sp³-hybridized carbons (Fsp3) is 0.750. The summed E-state index contributed by atoms with van der Waals surface area (Å²) in [5, 5.41) is 7.03. The summed E-state index contributed by atoms with van der Waals surface area (Å²) in [6.45, 7) is 8.11. The van der Waals surface area contributed by atoms with Crippen LogP contribution >= 0.6 is 0 Å². The number of carbonyl (C=O) groups is 1. The van der Waals surface area contributed by atoms with Crippen molar-refractivity contribution in [1.29, 1.82) is 0 Å². The van der Waals surface area contributed by atoms with E-state index in [2.05, 4.69) is 31.0 Å². The number of H-pyrrole nitrogens is 1. The summed E-state index contributed by atoms with van der Waals surface area (Å²) in [7, 11) is 0. The molecule has 1 amide bonds. The fourth-order valence-electron chi connectivity index (χ4n) is 3.16. The van der Waals surface area contributed by atoms with Crippen molar-refractivity contribution in [3.05, 3.63) is 18.0 Å². The zero-order valence-corrected chi connectivity index (χ0v) is 13.4. The number of piperidine rings is 1. The molecule has 0 spiro atoms. The normalized spacial score (nSPS) is 21.3. The number of nitrogens with two attached hydrogens (primary N) is 1. The molecule has 118 valence electrons. The van der Waals surface area contributed by atoms with Crippen molar-refractivity contribution in [2.75, 3.05) is 13.1 Å². The number of likely N-dealkylation sites (tertiary alicyclic amines) is 1. The van der Waals surface area contributed by atoms with Gasteiger partial charge in [-0.3, -0.25) is 9.89 Å². The van der Waals surface area contributed by atoms with Crippen LogP contribution in [0.1, 0.15) is 58.1 Å². The molecule has 21 heavy (non-hydrogen) atoms. The van der Waals surface area contributed by atoms with Gasteiger partial charge in [0.25, 0.3) is 0 Å². The maximum atomic E-state index is 12.4. The molecular weight excluding hydrogens is 264 g/mol. The average Bonchev–Trinajstić information content (AvgIpc) is 2.90. The molecule has 1 aromatic heterocycles. The average molecular weight is 292 g/mol. The van der Waals surface area contributed by atoms with Gasteiger partial charge in [0.15, 0.2) is 0 Å². The number of nitrogens with zero attached hydrogens (tertiary/aromatic N) is 2. The van der Waals surface area contributed by atoms with E-state index in [4.69, 9.17) is 5.73 Å². The van der Waals surface area contributed by atoms with Crippen LogP contribution in [-0.2, 0) is 4.79 Å². The van der Waals surface area contributed by atoms with E-state index in [1.165, 1.54) is 0 Å². The molecule has 5 nitrogen and oxygen atoms in total. The van der Waals surface area contributed by atoms with Crippen LogP contribution in [0, 0.1) is 5.41 Å². The lowest BCUT2D eigenvalue weighted by Crippen LogP contribution is -2.42. The predicted octanol–water partition coefficient (Wildman–Crippen LogP) is 2.27. The number of hydrogen-bond donors (Lipinski definition) is 2. The zero-order valence-electron chi connectivity index (χ0n) is 13.4. The first kappa shape index (κ1) is 16.0. The van der Waals surface area contributed by atoms with Gasteiger partial charge < -0.3 is 10.6 Å². The van der Waals surface area contributed by atoms with Crippen LogP contribution in [0.5, 0.6) is 0 Å². The third-order valence-electron chi connectivity index (χ3n) is 4.05. The summed E-state index contributed by atoms with van der Waals surface area (Å²) < 4.78 is 0. The van der Waals surface area contributed by atoms with E-state index in [0.29, 0.717) is 12.3 Å². The Morgan fingerprint density at radius 2 is 2.33 bits per heavy atom. The van der Waals surface area contributed by atoms with Gasteiger partial charge >= 0.3 is 0 Å². The minimum absolute atomic E-state index is 0.0509. The first-order chi connectivity index (χ1) is 9.85. The summed E-state index contributed by atoms with van der Waals surface area (Å²) in [4.78, 5) is 14.4. The number of aromatic amines is 1. The van der Waals surface area contributed by atoms with Gasteiger partial charge in [0.05, 0.1) is 0 Å². The number of aromatic nitrogens is 2. The number of carbonyl (C=O) groups excluding carboxylic acids is 1. The van der Waals surface area contributed by atoms with Crippen LogP contribution < -0.4 is 5.73 Å². The fourth-order valence-corrected chi connectivity index (χ4v) is 3.16. The minimum atomic E-state index is -0.0509. The van der Waals surface area contributed by atoms with Gasteiger partial charge in [-0.25, -0.2) is 0 Å². The molecule has 5 heteroatoms. The standard InChI is InChI=1S/C16H28N4O/c1-16(2,3)10-13(17)9-15(21)20-8-4-5-12(11-20)14-6-7-18-19-14/h6-7,12-13H,4-5,8-11,17H2,1-3H3,(H,18,19). The van der Waals surface area contributed by atoms with Gasteiger partial charge in [0, 0.05) is 43.4 Å². The van der Waals surface area contributed by atoms with Crippen molar-refractivity contribution in [3.63, 3.8) is 0 Å². The van der Waals surface area contributed by atoms with Gasteiger partial charge in [-0.15, -0.1) is 0 Å². The highest BCUT2D eigenvalue weighted by atomic mass is 16.2. The van der Waals surface area contributed by atoms with Crippen molar-refractivity contribution in [3.8, 4) is 0 Å². The van der Waals surface area contributed by atoms with Crippen molar-refractivity contribution < 1.29 is 4.79 Å². The van der Waals surface area contributed by atoms with Gasteiger partial charge in [0.1, 0.15) is 0 Å². The Morgan fingerprint density at radius 3 is 2.95 bits per heavy atom. The molecule has 0 radical (unpaired) electrons. The molecule has 0 saturated carbocycles. The number of rotatable bonds is 4. The van der Waals surface area contributed by atoms with Gasteiger partial charge in [0.2, 0.25) is 5.91 Å². The predicted molar refractivity (Wildman–Crippen MR) is 83.8 cm³/mol. The van der Waals surface area contributed by atoms with E-state index in [9.17, 15) is 4.79 Å². The molecule has 3 N–H and O–H groups in total. The summed E-state index contributed by atoms with van der Waals surface area (Å²) in [5.74, 6) is 0.569. The molecule has 0 aromatic carbocycles. The highest BCUT2D eigenvalue weighted by molar-refractivity contribution is 5.77. The largest absolute Gasteiger partial charge is 0.342 e. The van der Waals surface area contributed by atoms with Crippen LogP contribution in [0.3, 0.4) is 0 Å². The first-order valence-electron chi connectivity index (χ1n) is 7.88. The van der Waals surface area contributed by atoms with E-state index in [1.807, 2.05) is 11.0 Å². The maximum Gasteiger partial charge on any atom is 0.224 e. The molecule has 0 aliphatic carbocycles. The summed E-state index contributed by atoms with van der Waals surface area (Å²) in [5.41, 5.74) is 7.43. The first-order valence-corrected chi connectivity index (χ1v) is 7.88. The molecule has 1 aliphatic rings. The van der Waals surface area contributed by atoms with E-state index in [-0.39, 0.29) is 17.4 Å². The van der Waals surface area contributed by atoms with E-state index in [1.54, 1.807) is 6.20 Å². The monoisotopic (exact) mass is 292 g/mol. The van der Waals surface area contributed by atoms with Gasteiger partial charge in [-0.05, 0) is 30.7 Å². The minimum Gasteiger partial charge on any atom is -0.342 e. The van der Waals surface area contributed by atoms with Crippen molar-refractivity contribution in [2.45, 2.75) is 58.4 Å². The van der Waals surface area contributed by atoms with Crippen LogP contribution in [0.15, 0.2) is 12.3 Å². The smallest absolute Gasteiger partial charge is 0.224 e. The summed E-state index contributed by atoms with van der Waals surface area (Å²) >= 11 is 0. The number of hydrogen-bond acceptors (Lipinski definition) is 3. The highest BCUT2D eigenvalue weighted by Crippen LogP contribution is 2.26. The van der Waals surface area contributed by atoms with E-state index < -0.39 is 0 Å². The van der Waals surface area contributed by atoms with Crippen LogP contribution in [-0.4, -0.2) is 40.1 Å². The third-order valence-corrected chi connectivity index (χ3v) is 4.05. The second kappa shape index (κ2) is 6.60. The van der Waals surface area contributed by atoms with E-state index >= 15 is 0 Å². The molecule has 2 atom stereocenters. The lowest BCUT2D eigenvalue weighted by Gasteiger charge is -2.33. The third kappa shape index (κ3) is 4.84. The van der Waals surface area contributed by atoms with Gasteiger partial charge in [-0.1, -0.05) is 20.8 Å². The Morgan fingerprint density at radius 1 is 1.57 bits per heavy atom. The molecule has 2 heterocycles. The van der Waals surface area contributed by atoms with Crippen LogP contribution in [0.2, 0.25) is 0 Å². The summed E-state index contributed by atoms with van der Waals surface area (Å²) in [6.07, 6.45) is 5.25. The summed E-state index contributed by atoms with van der Waals surface area (Å²) in [6, 6.07) is 1.95. The molecule has 1 aromatic rings. The van der Waals surface area contributed by atoms with E-state index in [0.717, 1.165) is 38.0 Å². The Labute approximate surface area is 127 Å². The Hall–Kier alpha value is -1.36. The maximum absolute atomic E-state index is 12.4. The molecular formula is C16H28N4O. The zero-order chi connectivity index (χ0) is 15.5. The van der Waals surface area contributed by atoms with Crippen molar-refractivity contribution >= 4 is 5.91 Å². The Bertz CT molecular complexity index is 449. The van der Waals surface area contributed by atoms with Crippen molar-refractivity contribution in [2.24, 2.45) is 11.1 Å². The second-order valence-corrected chi connectivity index (χ2v) is 7.42. The SMILES string of the molecule is CC(C)(C)CC(N)CC(=O)N1CCCC(c2ccn[nH]2)C1. The quantitative estimate of drug-likeness (QED) is 0.894. The molecule has 1 saturated heterocycles. The second-order valence-electron chi connectivity index (χ2n) is 7.42. The van der Waals surface area contributed by atoms with Crippen molar-refractivity contribution in [1.82, 2.24) is 15.1 Å².